The van der Waals surface area contributed by atoms with Crippen LogP contribution in [0.5, 0.6) is 0 Å². The van der Waals surface area contributed by atoms with E-state index in [4.69, 9.17) is 5.73 Å². The fourth-order valence-electron chi connectivity index (χ4n) is 2.75. The average molecular weight is 256 g/mol. The van der Waals surface area contributed by atoms with Crippen molar-refractivity contribution < 1.29 is 4.39 Å². The molecule has 2 unspecified atom stereocenters. The Morgan fingerprint density at radius 3 is 2.63 bits per heavy atom. The first kappa shape index (κ1) is 12.2. The number of fused-ring (bicyclic) bond motifs is 1. The number of anilines is 1. The van der Waals surface area contributed by atoms with E-state index in [1.807, 2.05) is 18.2 Å². The van der Waals surface area contributed by atoms with Gasteiger partial charge in [0.25, 0.3) is 0 Å². The Bertz CT molecular complexity index is 609. The van der Waals surface area contributed by atoms with Crippen molar-refractivity contribution in [2.75, 3.05) is 5.32 Å². The number of nitrogens with one attached hydrogen (secondary N) is 1. The molecule has 3 N–H and O–H groups in total. The maximum Gasteiger partial charge on any atom is 0.126 e. The Labute approximate surface area is 112 Å². The molecule has 1 aliphatic carbocycles. The van der Waals surface area contributed by atoms with Crippen LogP contribution in [-0.2, 0) is 0 Å². The molecular formula is C16H17FN2. The molecule has 3 rings (SSSR count). The fraction of sp³-hybridized carbons (Fsp3) is 0.250. The van der Waals surface area contributed by atoms with E-state index in [-0.39, 0.29) is 17.9 Å². The van der Waals surface area contributed by atoms with Gasteiger partial charge in [-0.3, -0.25) is 0 Å². The highest BCUT2D eigenvalue weighted by molar-refractivity contribution is 5.50. The zero-order chi connectivity index (χ0) is 13.4. The van der Waals surface area contributed by atoms with Crippen LogP contribution in [0.1, 0.15) is 35.2 Å². The SMILES string of the molecule is Cc1cc(NC2CC(N)c3ccccc32)ccc1F. The van der Waals surface area contributed by atoms with Crippen molar-refractivity contribution in [3.05, 3.63) is 65.0 Å². The molecule has 2 aromatic carbocycles. The maximum absolute atomic E-state index is 13.3. The Morgan fingerprint density at radius 1 is 1.16 bits per heavy atom. The average Bonchev–Trinajstić information content (AvgIpc) is 2.72. The van der Waals surface area contributed by atoms with Crippen molar-refractivity contribution in [2.45, 2.75) is 25.4 Å². The Kier molecular flexibility index (Phi) is 2.99. The van der Waals surface area contributed by atoms with E-state index < -0.39 is 0 Å². The highest BCUT2D eigenvalue weighted by Crippen LogP contribution is 2.39. The molecule has 0 bridgehead atoms. The van der Waals surface area contributed by atoms with Crippen LogP contribution in [0.2, 0.25) is 0 Å². The summed E-state index contributed by atoms with van der Waals surface area (Å²) in [6.45, 7) is 1.77. The highest BCUT2D eigenvalue weighted by atomic mass is 19.1. The van der Waals surface area contributed by atoms with Crippen molar-refractivity contribution in [3.63, 3.8) is 0 Å². The second-order valence-corrected chi connectivity index (χ2v) is 5.13. The molecule has 0 saturated carbocycles. The molecule has 98 valence electrons. The molecular weight excluding hydrogens is 239 g/mol. The summed E-state index contributed by atoms with van der Waals surface area (Å²) in [4.78, 5) is 0. The summed E-state index contributed by atoms with van der Waals surface area (Å²) in [7, 11) is 0. The lowest BCUT2D eigenvalue weighted by molar-refractivity contribution is 0.617. The number of aryl methyl sites for hydroxylation is 1. The summed E-state index contributed by atoms with van der Waals surface area (Å²) in [6, 6.07) is 13.6. The standard InChI is InChI=1S/C16H17FN2/c1-10-8-11(6-7-14(10)17)19-16-9-15(18)12-4-2-3-5-13(12)16/h2-8,15-16,19H,9,18H2,1H3. The molecule has 2 atom stereocenters. The van der Waals surface area contributed by atoms with Crippen LogP contribution in [0, 0.1) is 12.7 Å². The first-order valence-electron chi connectivity index (χ1n) is 6.52. The van der Waals surface area contributed by atoms with Crippen LogP contribution in [0.4, 0.5) is 10.1 Å². The van der Waals surface area contributed by atoms with Gasteiger partial charge in [0.1, 0.15) is 5.82 Å². The van der Waals surface area contributed by atoms with E-state index in [0.29, 0.717) is 5.56 Å². The second kappa shape index (κ2) is 4.67. The van der Waals surface area contributed by atoms with E-state index in [0.717, 1.165) is 12.1 Å². The summed E-state index contributed by atoms with van der Waals surface area (Å²) in [5.41, 5.74) is 10.2. The van der Waals surface area contributed by atoms with Crippen LogP contribution in [0.3, 0.4) is 0 Å². The van der Waals surface area contributed by atoms with Crippen molar-refractivity contribution in [1.82, 2.24) is 0 Å². The van der Waals surface area contributed by atoms with Gasteiger partial charge in [-0.15, -0.1) is 0 Å². The summed E-state index contributed by atoms with van der Waals surface area (Å²) in [6.07, 6.45) is 0.871. The summed E-state index contributed by atoms with van der Waals surface area (Å²) < 4.78 is 13.3. The molecule has 19 heavy (non-hydrogen) atoms. The monoisotopic (exact) mass is 256 g/mol. The predicted molar refractivity (Wildman–Crippen MR) is 75.5 cm³/mol. The molecule has 1 aliphatic rings. The number of halogens is 1. The van der Waals surface area contributed by atoms with E-state index >= 15 is 0 Å². The molecule has 2 aromatic rings. The van der Waals surface area contributed by atoms with Crippen LogP contribution < -0.4 is 11.1 Å². The third-order valence-electron chi connectivity index (χ3n) is 3.76. The number of hydrogen-bond acceptors (Lipinski definition) is 2. The Balaban J connectivity index is 1.87. The number of hydrogen-bond donors (Lipinski definition) is 2. The van der Waals surface area contributed by atoms with Crippen LogP contribution >= 0.6 is 0 Å². The molecule has 2 nitrogen and oxygen atoms in total. The van der Waals surface area contributed by atoms with E-state index in [9.17, 15) is 4.39 Å². The van der Waals surface area contributed by atoms with Gasteiger partial charge in [0, 0.05) is 11.7 Å². The summed E-state index contributed by atoms with van der Waals surface area (Å²) in [5.74, 6) is -0.172. The van der Waals surface area contributed by atoms with E-state index in [1.54, 1.807) is 13.0 Å². The first-order valence-corrected chi connectivity index (χ1v) is 6.52. The van der Waals surface area contributed by atoms with E-state index in [2.05, 4.69) is 17.4 Å². The van der Waals surface area contributed by atoms with Crippen molar-refractivity contribution in [1.29, 1.82) is 0 Å². The zero-order valence-electron chi connectivity index (χ0n) is 10.9. The van der Waals surface area contributed by atoms with Gasteiger partial charge in [0.2, 0.25) is 0 Å². The summed E-state index contributed by atoms with van der Waals surface area (Å²) >= 11 is 0. The largest absolute Gasteiger partial charge is 0.378 e. The maximum atomic E-state index is 13.3. The smallest absolute Gasteiger partial charge is 0.126 e. The van der Waals surface area contributed by atoms with Crippen molar-refractivity contribution in [3.8, 4) is 0 Å². The third kappa shape index (κ3) is 2.22. The topological polar surface area (TPSA) is 38.0 Å². The molecule has 0 fully saturated rings. The number of rotatable bonds is 2. The van der Waals surface area contributed by atoms with Gasteiger partial charge in [0.05, 0.1) is 6.04 Å². The Hall–Kier alpha value is -1.87. The lowest BCUT2D eigenvalue weighted by Gasteiger charge is -2.16. The van der Waals surface area contributed by atoms with Crippen molar-refractivity contribution in [2.24, 2.45) is 5.73 Å². The number of benzene rings is 2. The van der Waals surface area contributed by atoms with Gasteiger partial charge in [-0.25, -0.2) is 4.39 Å². The molecule has 3 heteroatoms. The summed E-state index contributed by atoms with van der Waals surface area (Å²) in [5, 5.41) is 3.45. The van der Waals surface area contributed by atoms with Gasteiger partial charge in [0.15, 0.2) is 0 Å². The zero-order valence-corrected chi connectivity index (χ0v) is 10.9. The molecule has 0 radical (unpaired) electrons. The predicted octanol–water partition coefficient (Wildman–Crippen LogP) is 3.69. The molecule has 0 amide bonds. The van der Waals surface area contributed by atoms with Crippen LogP contribution in [-0.4, -0.2) is 0 Å². The molecule has 0 heterocycles. The molecule has 0 aliphatic heterocycles. The normalized spacial score (nSPS) is 21.2. The van der Waals surface area contributed by atoms with E-state index in [1.165, 1.54) is 17.2 Å². The fourth-order valence-corrected chi connectivity index (χ4v) is 2.75. The number of nitrogens with two attached hydrogens (primary N) is 1. The van der Waals surface area contributed by atoms with Gasteiger partial charge in [-0.05, 0) is 48.2 Å². The second-order valence-electron chi connectivity index (χ2n) is 5.13. The minimum absolute atomic E-state index is 0.0789. The van der Waals surface area contributed by atoms with Gasteiger partial charge in [-0.2, -0.15) is 0 Å². The lowest BCUT2D eigenvalue weighted by Crippen LogP contribution is -2.10. The Morgan fingerprint density at radius 2 is 1.89 bits per heavy atom. The van der Waals surface area contributed by atoms with Crippen molar-refractivity contribution >= 4 is 5.69 Å². The molecule has 0 saturated heterocycles. The third-order valence-corrected chi connectivity index (χ3v) is 3.76. The van der Waals surface area contributed by atoms with Crippen LogP contribution in [0.15, 0.2) is 42.5 Å². The van der Waals surface area contributed by atoms with Gasteiger partial charge >= 0.3 is 0 Å². The lowest BCUT2D eigenvalue weighted by atomic mass is 10.1. The first-order chi connectivity index (χ1) is 9.15. The van der Waals surface area contributed by atoms with Gasteiger partial charge in [-0.1, -0.05) is 24.3 Å². The molecule has 0 spiro atoms. The minimum atomic E-state index is -0.172. The van der Waals surface area contributed by atoms with Crippen LogP contribution in [0.25, 0.3) is 0 Å². The highest BCUT2D eigenvalue weighted by Gasteiger charge is 2.27. The quantitative estimate of drug-likeness (QED) is 0.860. The minimum Gasteiger partial charge on any atom is -0.378 e. The molecule has 0 aromatic heterocycles. The van der Waals surface area contributed by atoms with Gasteiger partial charge < -0.3 is 11.1 Å².